The number of amides is 4. The highest BCUT2D eigenvalue weighted by Gasteiger charge is 2.41. The van der Waals surface area contributed by atoms with Crippen LogP contribution in [0, 0.1) is 0 Å². The molecule has 2 atom stereocenters. The molecule has 2 heterocycles. The molecular weight excluding hydrogens is 350 g/mol. The third-order valence-electron chi connectivity index (χ3n) is 4.43. The van der Waals surface area contributed by atoms with Crippen LogP contribution in [0.15, 0.2) is 24.3 Å². The summed E-state index contributed by atoms with van der Waals surface area (Å²) in [5, 5.41) is 4.88. The van der Waals surface area contributed by atoms with E-state index in [-0.39, 0.29) is 25.3 Å². The molecule has 2 N–H and O–H groups in total. The summed E-state index contributed by atoms with van der Waals surface area (Å²) in [6.45, 7) is 5.52. The molecule has 3 rings (SSSR count). The van der Waals surface area contributed by atoms with Gasteiger partial charge >= 0.3 is 6.09 Å². The molecule has 0 spiro atoms. The molecule has 0 bridgehead atoms. The molecule has 1 saturated heterocycles. The zero-order chi connectivity index (χ0) is 19.8. The lowest BCUT2D eigenvalue weighted by atomic mass is 10.0. The monoisotopic (exact) mass is 373 g/mol. The van der Waals surface area contributed by atoms with E-state index in [0.717, 1.165) is 5.56 Å². The molecule has 0 aromatic heterocycles. The lowest BCUT2D eigenvalue weighted by Gasteiger charge is -2.30. The van der Waals surface area contributed by atoms with Gasteiger partial charge in [0, 0.05) is 6.42 Å². The van der Waals surface area contributed by atoms with Crippen LogP contribution < -0.4 is 10.6 Å². The number of fused-ring (bicyclic) bond motifs is 1. The van der Waals surface area contributed by atoms with Gasteiger partial charge in [0.25, 0.3) is 0 Å². The SMILES string of the molecule is CC(C)(C)OC(=O)N1Cc2ccccc2C1C(=O)NC1CCC(=O)NC1=O. The van der Waals surface area contributed by atoms with E-state index in [4.69, 9.17) is 4.74 Å². The highest BCUT2D eigenvalue weighted by Crippen LogP contribution is 2.35. The number of nitrogens with zero attached hydrogens (tertiary/aromatic N) is 1. The third kappa shape index (κ3) is 4.10. The van der Waals surface area contributed by atoms with E-state index < -0.39 is 35.6 Å². The molecule has 2 aliphatic heterocycles. The van der Waals surface area contributed by atoms with E-state index in [2.05, 4.69) is 10.6 Å². The molecule has 2 unspecified atom stereocenters. The molecule has 4 amide bonds. The Kier molecular flexibility index (Phi) is 4.91. The maximum Gasteiger partial charge on any atom is 0.411 e. The first-order chi connectivity index (χ1) is 12.7. The van der Waals surface area contributed by atoms with E-state index in [0.29, 0.717) is 5.56 Å². The van der Waals surface area contributed by atoms with Crippen LogP contribution in [0.3, 0.4) is 0 Å². The van der Waals surface area contributed by atoms with Gasteiger partial charge in [-0.3, -0.25) is 24.6 Å². The topological polar surface area (TPSA) is 105 Å². The van der Waals surface area contributed by atoms with Crippen molar-refractivity contribution in [1.82, 2.24) is 15.5 Å². The molecule has 1 fully saturated rings. The summed E-state index contributed by atoms with van der Waals surface area (Å²) < 4.78 is 5.44. The summed E-state index contributed by atoms with van der Waals surface area (Å²) in [4.78, 5) is 50.2. The molecule has 0 radical (unpaired) electrons. The van der Waals surface area contributed by atoms with Gasteiger partial charge in [-0.2, -0.15) is 0 Å². The van der Waals surface area contributed by atoms with Crippen molar-refractivity contribution in [2.24, 2.45) is 0 Å². The number of ether oxygens (including phenoxy) is 1. The Bertz CT molecular complexity index is 799. The first-order valence-corrected chi connectivity index (χ1v) is 8.87. The van der Waals surface area contributed by atoms with Gasteiger partial charge in [-0.15, -0.1) is 0 Å². The number of rotatable bonds is 2. The minimum atomic E-state index is -0.888. The van der Waals surface area contributed by atoms with Crippen LogP contribution in [0.4, 0.5) is 4.79 Å². The second-order valence-electron chi connectivity index (χ2n) is 7.72. The molecule has 0 aliphatic carbocycles. The maximum absolute atomic E-state index is 13.0. The second-order valence-corrected chi connectivity index (χ2v) is 7.72. The van der Waals surface area contributed by atoms with Gasteiger partial charge in [-0.25, -0.2) is 4.79 Å². The predicted octanol–water partition coefficient (Wildman–Crippen LogP) is 1.40. The number of carbonyl (C=O) groups excluding carboxylic acids is 4. The van der Waals surface area contributed by atoms with Crippen LogP contribution in [-0.2, 0) is 25.7 Å². The normalized spacial score (nSPS) is 22.1. The number of piperidine rings is 1. The average Bonchev–Trinajstić information content (AvgIpc) is 2.95. The molecule has 144 valence electrons. The standard InChI is InChI=1S/C19H23N3O5/c1-19(2,3)27-18(26)22-10-11-6-4-5-7-12(11)15(22)17(25)20-13-8-9-14(23)21-16(13)24/h4-7,13,15H,8-10H2,1-3H3,(H,20,25)(H,21,23,24). The fraction of sp³-hybridized carbons (Fsp3) is 0.474. The smallest absolute Gasteiger partial charge is 0.411 e. The van der Waals surface area contributed by atoms with Crippen LogP contribution in [0.25, 0.3) is 0 Å². The van der Waals surface area contributed by atoms with E-state index in [1.54, 1.807) is 32.9 Å². The Balaban J connectivity index is 1.82. The van der Waals surface area contributed by atoms with Gasteiger partial charge in [-0.1, -0.05) is 24.3 Å². The fourth-order valence-corrected chi connectivity index (χ4v) is 3.24. The zero-order valence-corrected chi connectivity index (χ0v) is 15.6. The predicted molar refractivity (Wildman–Crippen MR) is 95.3 cm³/mol. The van der Waals surface area contributed by atoms with Gasteiger partial charge in [0.2, 0.25) is 17.7 Å². The van der Waals surface area contributed by atoms with Crippen molar-refractivity contribution < 1.29 is 23.9 Å². The van der Waals surface area contributed by atoms with Gasteiger partial charge in [-0.05, 0) is 38.3 Å². The first kappa shape index (κ1) is 18.9. The van der Waals surface area contributed by atoms with Gasteiger partial charge in [0.15, 0.2) is 0 Å². The lowest BCUT2D eigenvalue weighted by molar-refractivity contribution is -0.138. The number of benzene rings is 1. The Hall–Kier alpha value is -2.90. The molecule has 8 nitrogen and oxygen atoms in total. The summed E-state index contributed by atoms with van der Waals surface area (Å²) in [5.74, 6) is -1.36. The maximum atomic E-state index is 13.0. The van der Waals surface area contributed by atoms with Crippen LogP contribution >= 0.6 is 0 Å². The van der Waals surface area contributed by atoms with E-state index in [9.17, 15) is 19.2 Å². The molecular formula is C19H23N3O5. The Labute approximate surface area is 157 Å². The van der Waals surface area contributed by atoms with Crippen LogP contribution in [0.1, 0.15) is 50.8 Å². The van der Waals surface area contributed by atoms with Crippen molar-refractivity contribution in [3.63, 3.8) is 0 Å². The summed E-state index contributed by atoms with van der Waals surface area (Å²) in [6.07, 6.45) is -0.201. The molecule has 2 aliphatic rings. The summed E-state index contributed by atoms with van der Waals surface area (Å²) in [5.41, 5.74) is 0.858. The summed E-state index contributed by atoms with van der Waals surface area (Å²) in [7, 11) is 0. The minimum absolute atomic E-state index is 0.160. The molecule has 1 aromatic rings. The van der Waals surface area contributed by atoms with Crippen molar-refractivity contribution in [3.8, 4) is 0 Å². The third-order valence-corrected chi connectivity index (χ3v) is 4.43. The van der Waals surface area contributed by atoms with Crippen LogP contribution in [0.2, 0.25) is 0 Å². The van der Waals surface area contributed by atoms with Crippen LogP contribution in [-0.4, -0.2) is 40.4 Å². The first-order valence-electron chi connectivity index (χ1n) is 8.87. The average molecular weight is 373 g/mol. The number of imide groups is 1. The Morgan fingerprint density at radius 1 is 1.22 bits per heavy atom. The Morgan fingerprint density at radius 3 is 2.59 bits per heavy atom. The van der Waals surface area contributed by atoms with Crippen LogP contribution in [0.5, 0.6) is 0 Å². The highest BCUT2D eigenvalue weighted by atomic mass is 16.6. The van der Waals surface area contributed by atoms with Gasteiger partial charge < -0.3 is 10.1 Å². The molecule has 27 heavy (non-hydrogen) atoms. The van der Waals surface area contributed by atoms with Crippen molar-refractivity contribution in [1.29, 1.82) is 0 Å². The van der Waals surface area contributed by atoms with E-state index in [1.807, 2.05) is 12.1 Å². The van der Waals surface area contributed by atoms with Gasteiger partial charge in [0.05, 0.1) is 6.54 Å². The largest absolute Gasteiger partial charge is 0.444 e. The highest BCUT2D eigenvalue weighted by molar-refractivity contribution is 6.02. The van der Waals surface area contributed by atoms with Crippen molar-refractivity contribution in [3.05, 3.63) is 35.4 Å². The van der Waals surface area contributed by atoms with Crippen molar-refractivity contribution in [2.45, 2.75) is 57.8 Å². The molecule has 0 saturated carbocycles. The lowest BCUT2D eigenvalue weighted by Crippen LogP contribution is -2.54. The minimum Gasteiger partial charge on any atom is -0.444 e. The summed E-state index contributed by atoms with van der Waals surface area (Å²) >= 11 is 0. The molecule has 1 aromatic carbocycles. The Morgan fingerprint density at radius 2 is 1.93 bits per heavy atom. The van der Waals surface area contributed by atoms with Crippen molar-refractivity contribution >= 4 is 23.8 Å². The van der Waals surface area contributed by atoms with E-state index in [1.165, 1.54) is 4.90 Å². The fourth-order valence-electron chi connectivity index (χ4n) is 3.24. The van der Waals surface area contributed by atoms with Crippen molar-refractivity contribution in [2.75, 3.05) is 0 Å². The number of hydrogen-bond acceptors (Lipinski definition) is 5. The summed E-state index contributed by atoms with van der Waals surface area (Å²) in [6, 6.07) is 5.58. The number of hydrogen-bond donors (Lipinski definition) is 2. The quantitative estimate of drug-likeness (QED) is 0.763. The molecule has 8 heteroatoms. The second kappa shape index (κ2) is 7.02. The van der Waals surface area contributed by atoms with E-state index >= 15 is 0 Å². The zero-order valence-electron chi connectivity index (χ0n) is 15.6. The van der Waals surface area contributed by atoms with Gasteiger partial charge in [0.1, 0.15) is 17.7 Å². The number of carbonyl (C=O) groups is 4. The number of nitrogens with one attached hydrogen (secondary N) is 2.